The van der Waals surface area contributed by atoms with Gasteiger partial charge in [0.2, 0.25) is 0 Å². The Labute approximate surface area is 559 Å². The zero-order valence-electron chi connectivity index (χ0n) is 62.8. The summed E-state index contributed by atoms with van der Waals surface area (Å²) >= 11 is 5.70. The number of hydrogen-bond donors (Lipinski definition) is 12. The third kappa shape index (κ3) is 131. The van der Waals surface area contributed by atoms with Crippen LogP contribution in [0.15, 0.2) is 0 Å². The van der Waals surface area contributed by atoms with Crippen LogP contribution in [0.25, 0.3) is 0 Å². The van der Waals surface area contributed by atoms with Crippen molar-refractivity contribution in [3.63, 3.8) is 0 Å². The van der Waals surface area contributed by atoms with E-state index >= 15 is 0 Å². The first-order chi connectivity index (χ1) is 41.6. The summed E-state index contributed by atoms with van der Waals surface area (Å²) in [6.07, 6.45) is -0.264. The van der Waals surface area contributed by atoms with Gasteiger partial charge in [0.15, 0.2) is 0 Å². The van der Waals surface area contributed by atoms with E-state index in [1.165, 1.54) is 6.26 Å². The van der Waals surface area contributed by atoms with Crippen molar-refractivity contribution in [1.82, 2.24) is 52.8 Å². The highest BCUT2D eigenvalue weighted by Crippen LogP contribution is 2.12. The van der Waals surface area contributed by atoms with Crippen LogP contribution in [0.2, 0.25) is 0 Å². The molecule has 0 aromatic rings. The lowest BCUT2D eigenvalue weighted by molar-refractivity contribution is 0.0559. The highest BCUT2D eigenvalue weighted by molar-refractivity contribution is 7.90. The van der Waals surface area contributed by atoms with Gasteiger partial charge in [-0.05, 0) is 134 Å². The largest absolute Gasteiger partial charge is 0.395 e. The van der Waals surface area contributed by atoms with Crippen molar-refractivity contribution in [1.29, 1.82) is 5.26 Å². The Kier molecular flexibility index (Phi) is 93.9. The Morgan fingerprint density at radius 1 is 0.533 bits per heavy atom. The van der Waals surface area contributed by atoms with Crippen molar-refractivity contribution < 1.29 is 45.7 Å². The number of likely N-dealkylation sites (tertiary alicyclic amines) is 1. The quantitative estimate of drug-likeness (QED) is 0.0157. The first-order valence-electron chi connectivity index (χ1n) is 33.9. The molecule has 554 valence electrons. The van der Waals surface area contributed by atoms with Crippen molar-refractivity contribution in [3.05, 3.63) is 0 Å². The van der Waals surface area contributed by atoms with Crippen LogP contribution in [0.1, 0.15) is 186 Å². The van der Waals surface area contributed by atoms with E-state index in [1.54, 1.807) is 0 Å². The van der Waals surface area contributed by atoms with E-state index < -0.39 is 22.4 Å². The molecule has 1 heterocycles. The molecule has 3 unspecified atom stereocenters. The van der Waals surface area contributed by atoms with Crippen molar-refractivity contribution >= 4 is 21.4 Å². The van der Waals surface area contributed by atoms with Gasteiger partial charge in [0.05, 0.1) is 44.9 Å². The fraction of sp³-hybridized carbons (Fsp3) is 0.985. The Morgan fingerprint density at radius 3 is 1.22 bits per heavy atom. The standard InChI is InChI=1S/C7H16ClN.C7H15F2N.C7H14FN.C7H14N2.C7H17NO2S.2C7H17NO.2C6H14FN.C6H15NO/c1-6(2)4-9-5-7(3)8;1-5(2)6(3)10-4-7(8)9;1-6(2)3-9-4-7(8)5-9;1-7(2)6-9-5-3-4-8;1-7(2)6-8-4-5-11(3,9)10;2*1-6(2)4-8-7(3)5-9;1-5(2)8-6(3)4-7;1-6(2)8-5-3-4-7;1-6(2)5-7-3-4-8/h6-7,9H,4-5H2,1-3H3;5-7,10H,4H2,1-3H3;6-7H,3-5H2,1-2H3;7,9H,3,5-6H2,1-2H3;7-8H,4-6H2,1-3H3;2*6-9H,4-5H2,1-3H3;5-6,8H,4H2,1-3H3;6,8H,3-5H2,1-2H3;6-8H,3-5H2,1-2H3/t;;;;;2*7-;;;/m.....10.../s1. The molecule has 90 heavy (non-hydrogen) atoms. The van der Waals surface area contributed by atoms with Gasteiger partial charge in [-0.1, -0.05) is 138 Å². The van der Waals surface area contributed by atoms with Crippen molar-refractivity contribution in [2.45, 2.75) is 240 Å². The molecule has 0 spiro atoms. The summed E-state index contributed by atoms with van der Waals surface area (Å²) in [6.45, 7) is 64.1. The van der Waals surface area contributed by atoms with Gasteiger partial charge in [-0.3, -0.25) is 9.29 Å². The summed E-state index contributed by atoms with van der Waals surface area (Å²) in [5, 5.41) is 61.7. The molecule has 1 aliphatic heterocycles. The zero-order chi connectivity index (χ0) is 72.2. The van der Waals surface area contributed by atoms with E-state index in [1.807, 2.05) is 62.3 Å². The Balaban J connectivity index is -0.000000116. The number of halogens is 6. The van der Waals surface area contributed by atoms with Crippen LogP contribution in [0.3, 0.4) is 0 Å². The number of aliphatic hydroxyl groups is 3. The van der Waals surface area contributed by atoms with E-state index in [4.69, 9.17) is 32.2 Å². The fourth-order valence-corrected chi connectivity index (χ4v) is 6.61. The number of alkyl halides is 6. The van der Waals surface area contributed by atoms with Gasteiger partial charge >= 0.3 is 0 Å². The SMILES string of the molecule is CC(C)C(C)NCC(F)F.CC(C)CN1CC(F)C1.CC(C)CNCC(C)Cl.CC(C)CNCCC#N.CC(C)CNCCO.CC(C)CNCCS(C)(=O)=O.CC(C)CN[C@@H](C)CO.CC(C)CN[C@H](C)CO.CC(C)NC(C)CF.CC(C)NCCCF. The maximum Gasteiger partial charge on any atom is 0.250 e. The van der Waals surface area contributed by atoms with Gasteiger partial charge in [0, 0.05) is 100 Å². The van der Waals surface area contributed by atoms with Crippen LogP contribution in [-0.2, 0) is 9.84 Å². The Morgan fingerprint density at radius 2 is 0.944 bits per heavy atom. The van der Waals surface area contributed by atoms with Crippen LogP contribution in [0.5, 0.6) is 0 Å². The molecule has 0 aromatic heterocycles. The van der Waals surface area contributed by atoms with E-state index in [9.17, 15) is 30.4 Å². The average molecular weight is 1360 g/mol. The summed E-state index contributed by atoms with van der Waals surface area (Å²) in [4.78, 5) is 2.15. The maximum atomic E-state index is 12.2. The molecular formula is C67H153ClF5N11O5S. The molecule has 5 atom stereocenters. The molecule has 0 aliphatic carbocycles. The number of rotatable bonds is 38. The molecular weight excluding hydrogens is 1200 g/mol. The number of aliphatic hydroxyl groups excluding tert-OH is 3. The number of nitrogens with one attached hydrogen (secondary N) is 9. The first-order valence-corrected chi connectivity index (χ1v) is 36.4. The monoisotopic (exact) mass is 1350 g/mol. The number of sulfone groups is 1. The molecule has 1 rings (SSSR count). The van der Waals surface area contributed by atoms with Gasteiger partial charge in [0.25, 0.3) is 6.43 Å². The van der Waals surface area contributed by atoms with E-state index in [-0.39, 0.29) is 75.0 Å². The molecule has 1 aliphatic rings. The first kappa shape index (κ1) is 108. The van der Waals surface area contributed by atoms with E-state index in [2.05, 4.69) is 170 Å². The lowest BCUT2D eigenvalue weighted by Gasteiger charge is -2.35. The lowest BCUT2D eigenvalue weighted by atomic mass is 10.1. The number of nitriles is 1. The molecule has 0 saturated carbocycles. The molecule has 23 heteroatoms. The third-order valence-corrected chi connectivity index (χ3v) is 12.2. The van der Waals surface area contributed by atoms with Gasteiger partial charge in [-0.25, -0.2) is 26.0 Å². The van der Waals surface area contributed by atoms with Gasteiger partial charge in [0.1, 0.15) is 22.7 Å². The second kappa shape index (κ2) is 78.6. The van der Waals surface area contributed by atoms with Crippen LogP contribution in [-0.4, -0.2) is 226 Å². The lowest BCUT2D eigenvalue weighted by Crippen LogP contribution is -2.49. The summed E-state index contributed by atoms with van der Waals surface area (Å²) < 4.78 is 79.7. The van der Waals surface area contributed by atoms with Gasteiger partial charge in [-0.15, -0.1) is 11.6 Å². The molecule has 0 bridgehead atoms. The van der Waals surface area contributed by atoms with Crippen LogP contribution >= 0.6 is 11.6 Å². The highest BCUT2D eigenvalue weighted by atomic mass is 35.5. The third-order valence-electron chi connectivity index (χ3n) is 11.1. The van der Waals surface area contributed by atoms with E-state index in [0.717, 1.165) is 77.9 Å². The minimum Gasteiger partial charge on any atom is -0.395 e. The summed E-state index contributed by atoms with van der Waals surface area (Å²) in [5.74, 6) is 5.33. The molecule has 1 saturated heterocycles. The molecule has 12 N–H and O–H groups in total. The van der Waals surface area contributed by atoms with Crippen molar-refractivity contribution in [2.24, 2.45) is 47.3 Å². The highest BCUT2D eigenvalue weighted by Gasteiger charge is 2.25. The molecule has 16 nitrogen and oxygen atoms in total. The van der Waals surface area contributed by atoms with Crippen LogP contribution < -0.4 is 47.9 Å². The molecule has 0 aromatic carbocycles. The van der Waals surface area contributed by atoms with Crippen LogP contribution in [0.4, 0.5) is 22.0 Å². The number of nitrogens with zero attached hydrogens (tertiary/aromatic N) is 2. The average Bonchev–Trinajstić information content (AvgIpc) is 3.11. The van der Waals surface area contributed by atoms with Crippen molar-refractivity contribution in [2.75, 3.05) is 143 Å². The topological polar surface area (TPSA) is 230 Å². The summed E-state index contributed by atoms with van der Waals surface area (Å²) in [6, 6.07) is 3.63. The Hall–Kier alpha value is -1.14. The minimum absolute atomic E-state index is 0.00926. The predicted octanol–water partition coefficient (Wildman–Crippen LogP) is 10.6. The predicted molar refractivity (Wildman–Crippen MR) is 384 cm³/mol. The summed E-state index contributed by atoms with van der Waals surface area (Å²) in [5.41, 5.74) is 0. The molecule has 0 radical (unpaired) electrons. The molecule has 0 amide bonds. The second-order valence-corrected chi connectivity index (χ2v) is 30.2. The van der Waals surface area contributed by atoms with Crippen LogP contribution in [0, 0.1) is 58.7 Å². The Bertz CT molecular complexity index is 1450. The fourth-order valence-electron chi connectivity index (χ4n) is 5.98. The summed E-state index contributed by atoms with van der Waals surface area (Å²) in [7, 11) is -2.78. The normalized spacial score (nSPS) is 13.8. The zero-order valence-corrected chi connectivity index (χ0v) is 64.4. The molecule has 1 fully saturated rings. The van der Waals surface area contributed by atoms with Gasteiger partial charge in [-0.2, -0.15) is 5.26 Å². The number of hydrogen-bond acceptors (Lipinski definition) is 16. The van der Waals surface area contributed by atoms with Crippen molar-refractivity contribution in [3.8, 4) is 6.07 Å². The smallest absolute Gasteiger partial charge is 0.250 e. The van der Waals surface area contributed by atoms with E-state index in [0.29, 0.717) is 86.0 Å². The van der Waals surface area contributed by atoms with Gasteiger partial charge < -0.3 is 63.2 Å². The minimum atomic E-state index is -2.78. The maximum absolute atomic E-state index is 12.2. The second-order valence-electron chi connectivity index (χ2n) is 27.2.